The molecule has 0 bridgehead atoms. The molecule has 0 unspecified atom stereocenters. The Bertz CT molecular complexity index is 1170. The molecule has 8 nitrogen and oxygen atoms in total. The number of nitrogens with zero attached hydrogens (tertiary/aromatic N) is 2. The van der Waals surface area contributed by atoms with Crippen LogP contribution in [0.15, 0.2) is 47.4 Å². The van der Waals surface area contributed by atoms with E-state index in [0.29, 0.717) is 35.8 Å². The SMILES string of the molecule is COc1cccc(NC(=O)CN2C(=O)C(C)(C)c3cc(S(=O)(=O)N4CCCC4)ccc32)c1. The Balaban J connectivity index is 1.59. The standard InChI is InChI=1S/C23H27N3O5S/c1-23(2)19-14-18(32(29,30)25-11-4-5-12-25)9-10-20(19)26(22(23)28)15-21(27)24-16-7-6-8-17(13-16)31-3/h6-10,13-14H,4-5,11-12,15H2,1-3H3,(H,24,27). The van der Waals surface area contributed by atoms with Gasteiger partial charge in [-0.1, -0.05) is 6.07 Å². The number of amides is 2. The maximum Gasteiger partial charge on any atom is 0.244 e. The molecular formula is C23H27N3O5S. The van der Waals surface area contributed by atoms with Gasteiger partial charge in [-0.15, -0.1) is 0 Å². The van der Waals surface area contributed by atoms with E-state index in [4.69, 9.17) is 4.74 Å². The van der Waals surface area contributed by atoms with Gasteiger partial charge in [0, 0.05) is 30.5 Å². The molecule has 1 N–H and O–H groups in total. The number of fused-ring (bicyclic) bond motifs is 1. The van der Waals surface area contributed by atoms with E-state index in [1.54, 1.807) is 57.4 Å². The van der Waals surface area contributed by atoms with Gasteiger partial charge in [-0.3, -0.25) is 9.59 Å². The van der Waals surface area contributed by atoms with Crippen LogP contribution in [-0.4, -0.2) is 51.3 Å². The number of hydrogen-bond donors (Lipinski definition) is 1. The third-order valence-corrected chi connectivity index (χ3v) is 7.96. The second-order valence-electron chi connectivity index (χ2n) is 8.59. The Morgan fingerprint density at radius 3 is 2.53 bits per heavy atom. The quantitative estimate of drug-likeness (QED) is 0.720. The van der Waals surface area contributed by atoms with Crippen LogP contribution in [0.2, 0.25) is 0 Å². The first-order valence-electron chi connectivity index (χ1n) is 10.5. The molecule has 0 radical (unpaired) electrons. The molecule has 2 aromatic carbocycles. The lowest BCUT2D eigenvalue weighted by Gasteiger charge is -2.20. The van der Waals surface area contributed by atoms with Crippen LogP contribution >= 0.6 is 0 Å². The fourth-order valence-electron chi connectivity index (χ4n) is 4.25. The van der Waals surface area contributed by atoms with Gasteiger partial charge in [0.05, 0.1) is 17.4 Å². The lowest BCUT2D eigenvalue weighted by atomic mass is 9.86. The Kier molecular flexibility index (Phi) is 5.72. The van der Waals surface area contributed by atoms with Crippen molar-refractivity contribution in [1.82, 2.24) is 4.31 Å². The third kappa shape index (κ3) is 3.86. The van der Waals surface area contributed by atoms with Crippen LogP contribution in [0, 0.1) is 0 Å². The minimum atomic E-state index is -3.60. The normalized spacial score (nSPS) is 18.0. The molecule has 0 atom stereocenters. The number of rotatable bonds is 6. The van der Waals surface area contributed by atoms with E-state index >= 15 is 0 Å². The molecule has 0 aliphatic carbocycles. The first-order valence-corrected chi connectivity index (χ1v) is 12.0. The highest BCUT2D eigenvalue weighted by Crippen LogP contribution is 2.43. The second kappa shape index (κ2) is 8.22. The molecule has 1 fully saturated rings. The third-order valence-electron chi connectivity index (χ3n) is 6.07. The maximum atomic E-state index is 13.2. The van der Waals surface area contributed by atoms with Crippen LogP contribution in [0.25, 0.3) is 0 Å². The lowest BCUT2D eigenvalue weighted by molar-refractivity contribution is -0.124. The number of hydrogen-bond acceptors (Lipinski definition) is 5. The highest BCUT2D eigenvalue weighted by atomic mass is 32.2. The summed E-state index contributed by atoms with van der Waals surface area (Å²) in [4.78, 5) is 27.4. The van der Waals surface area contributed by atoms with Crippen LogP contribution in [0.4, 0.5) is 11.4 Å². The number of benzene rings is 2. The van der Waals surface area contributed by atoms with Crippen molar-refractivity contribution in [2.45, 2.75) is 37.0 Å². The zero-order chi connectivity index (χ0) is 23.1. The van der Waals surface area contributed by atoms with Crippen molar-refractivity contribution < 1.29 is 22.7 Å². The Labute approximate surface area is 188 Å². The predicted molar refractivity (Wildman–Crippen MR) is 121 cm³/mol. The smallest absolute Gasteiger partial charge is 0.244 e. The molecule has 9 heteroatoms. The summed E-state index contributed by atoms with van der Waals surface area (Å²) in [6.07, 6.45) is 1.70. The van der Waals surface area contributed by atoms with Crippen LogP contribution in [-0.2, 0) is 25.0 Å². The molecule has 0 saturated carbocycles. The number of anilines is 2. The van der Waals surface area contributed by atoms with E-state index in [-0.39, 0.29) is 23.3 Å². The summed E-state index contributed by atoms with van der Waals surface area (Å²) >= 11 is 0. The van der Waals surface area contributed by atoms with Crippen molar-refractivity contribution in [3.05, 3.63) is 48.0 Å². The summed E-state index contributed by atoms with van der Waals surface area (Å²) < 4.78 is 32.6. The molecule has 4 rings (SSSR count). The highest BCUT2D eigenvalue weighted by molar-refractivity contribution is 7.89. The van der Waals surface area contributed by atoms with E-state index in [2.05, 4.69) is 5.32 Å². The van der Waals surface area contributed by atoms with Crippen molar-refractivity contribution in [1.29, 1.82) is 0 Å². The molecule has 0 spiro atoms. The van der Waals surface area contributed by atoms with Gasteiger partial charge in [-0.25, -0.2) is 8.42 Å². The summed E-state index contributed by atoms with van der Waals surface area (Å²) in [5.41, 5.74) is 0.785. The largest absolute Gasteiger partial charge is 0.497 e. The Morgan fingerprint density at radius 1 is 1.12 bits per heavy atom. The molecule has 1 saturated heterocycles. The van der Waals surface area contributed by atoms with Gasteiger partial charge >= 0.3 is 0 Å². The van der Waals surface area contributed by atoms with Gasteiger partial charge in [0.15, 0.2) is 0 Å². The monoisotopic (exact) mass is 457 g/mol. The van der Waals surface area contributed by atoms with Crippen molar-refractivity contribution in [3.8, 4) is 5.75 Å². The number of methoxy groups -OCH3 is 1. The Morgan fingerprint density at radius 2 is 1.84 bits per heavy atom. The number of carbonyl (C=O) groups is 2. The molecule has 2 heterocycles. The summed E-state index contributed by atoms with van der Waals surface area (Å²) in [6, 6.07) is 11.7. The molecule has 2 aliphatic heterocycles. The summed E-state index contributed by atoms with van der Waals surface area (Å²) in [5, 5.41) is 2.78. The fraction of sp³-hybridized carbons (Fsp3) is 0.391. The molecule has 2 aromatic rings. The number of nitrogens with one attached hydrogen (secondary N) is 1. The average molecular weight is 458 g/mol. The van der Waals surface area contributed by atoms with Crippen LogP contribution in [0.1, 0.15) is 32.3 Å². The van der Waals surface area contributed by atoms with Gasteiger partial charge in [0.1, 0.15) is 12.3 Å². The van der Waals surface area contributed by atoms with Gasteiger partial charge in [-0.05, 0) is 62.6 Å². The van der Waals surface area contributed by atoms with Gasteiger partial charge in [0.2, 0.25) is 21.8 Å². The van der Waals surface area contributed by atoms with Crippen molar-refractivity contribution >= 4 is 33.2 Å². The zero-order valence-electron chi connectivity index (χ0n) is 18.4. The molecule has 2 aliphatic rings. The minimum absolute atomic E-state index is 0.176. The molecule has 170 valence electrons. The maximum absolute atomic E-state index is 13.2. The van der Waals surface area contributed by atoms with Gasteiger partial charge in [0.25, 0.3) is 0 Å². The van der Waals surface area contributed by atoms with E-state index in [1.165, 1.54) is 15.3 Å². The number of ether oxygens (including phenoxy) is 1. The zero-order valence-corrected chi connectivity index (χ0v) is 19.2. The number of carbonyl (C=O) groups excluding carboxylic acids is 2. The molecular weight excluding hydrogens is 430 g/mol. The van der Waals surface area contributed by atoms with Gasteiger partial charge < -0.3 is 15.0 Å². The average Bonchev–Trinajstić information content (AvgIpc) is 3.37. The van der Waals surface area contributed by atoms with Crippen LogP contribution < -0.4 is 15.0 Å². The first-order chi connectivity index (χ1) is 15.1. The van der Waals surface area contributed by atoms with Crippen LogP contribution in [0.3, 0.4) is 0 Å². The molecule has 0 aromatic heterocycles. The highest BCUT2D eigenvalue weighted by Gasteiger charge is 2.45. The van der Waals surface area contributed by atoms with Crippen molar-refractivity contribution in [2.24, 2.45) is 0 Å². The van der Waals surface area contributed by atoms with Gasteiger partial charge in [-0.2, -0.15) is 4.31 Å². The lowest BCUT2D eigenvalue weighted by Crippen LogP contribution is -2.40. The van der Waals surface area contributed by atoms with Crippen molar-refractivity contribution in [2.75, 3.05) is 37.0 Å². The minimum Gasteiger partial charge on any atom is -0.497 e. The second-order valence-corrected chi connectivity index (χ2v) is 10.5. The summed E-state index contributed by atoms with van der Waals surface area (Å²) in [7, 11) is -2.06. The summed E-state index contributed by atoms with van der Waals surface area (Å²) in [5.74, 6) is 0.00583. The fourth-order valence-corrected chi connectivity index (χ4v) is 5.80. The predicted octanol–water partition coefficient (Wildman–Crippen LogP) is 2.74. The van der Waals surface area contributed by atoms with E-state index in [9.17, 15) is 18.0 Å². The van der Waals surface area contributed by atoms with Crippen molar-refractivity contribution in [3.63, 3.8) is 0 Å². The van der Waals surface area contributed by atoms with E-state index in [0.717, 1.165) is 12.8 Å². The topological polar surface area (TPSA) is 96.0 Å². The summed E-state index contributed by atoms with van der Waals surface area (Å²) in [6.45, 7) is 4.35. The molecule has 32 heavy (non-hydrogen) atoms. The Hall–Kier alpha value is -2.91. The van der Waals surface area contributed by atoms with E-state index in [1.807, 2.05) is 0 Å². The van der Waals surface area contributed by atoms with E-state index < -0.39 is 15.4 Å². The van der Waals surface area contributed by atoms with Crippen LogP contribution in [0.5, 0.6) is 5.75 Å². The molecule has 2 amide bonds. The number of sulfonamides is 1. The first kappa shape index (κ1) is 22.3.